The number of halogens is 2. The molecular weight excluding hydrogens is 398 g/mol. The fourth-order valence-corrected chi connectivity index (χ4v) is 2.87. The Balaban J connectivity index is 1.61. The van der Waals surface area contributed by atoms with Gasteiger partial charge in [0.25, 0.3) is 11.4 Å². The predicted molar refractivity (Wildman–Crippen MR) is 101 cm³/mol. The van der Waals surface area contributed by atoms with Crippen LogP contribution < -0.4 is 10.9 Å². The lowest BCUT2D eigenvalue weighted by molar-refractivity contribution is 0.0918. The van der Waals surface area contributed by atoms with Gasteiger partial charge in [-0.15, -0.1) is 0 Å². The fraction of sp³-hybridized carbons (Fsp3) is 0.100. The molecule has 0 fully saturated rings. The number of rotatable bonds is 5. The Morgan fingerprint density at radius 2 is 1.90 bits per heavy atom. The maximum Gasteiger partial charge on any atom is 0.307 e. The Kier molecular flexibility index (Phi) is 4.97. The first-order chi connectivity index (χ1) is 14.4. The second-order valence-corrected chi connectivity index (χ2v) is 6.44. The van der Waals surface area contributed by atoms with E-state index in [2.05, 4.69) is 20.3 Å². The van der Waals surface area contributed by atoms with Crippen molar-refractivity contribution in [3.63, 3.8) is 0 Å². The molecule has 0 atom stereocenters. The first-order valence-electron chi connectivity index (χ1n) is 8.78. The van der Waals surface area contributed by atoms with E-state index in [-0.39, 0.29) is 41.2 Å². The highest BCUT2D eigenvalue weighted by atomic mass is 19.2. The molecule has 3 heterocycles. The van der Waals surface area contributed by atoms with Gasteiger partial charge in [0.15, 0.2) is 23.0 Å². The van der Waals surface area contributed by atoms with E-state index in [1.165, 1.54) is 6.07 Å². The number of aromatic nitrogens is 3. The van der Waals surface area contributed by atoms with E-state index in [4.69, 9.17) is 4.42 Å². The van der Waals surface area contributed by atoms with Crippen LogP contribution >= 0.6 is 0 Å². The van der Waals surface area contributed by atoms with Gasteiger partial charge in [-0.05, 0) is 35.4 Å². The predicted octanol–water partition coefficient (Wildman–Crippen LogP) is 2.42. The highest BCUT2D eigenvalue weighted by molar-refractivity contribution is 5.92. The van der Waals surface area contributed by atoms with Gasteiger partial charge in [-0.1, -0.05) is 6.07 Å². The minimum absolute atomic E-state index is 0.111. The van der Waals surface area contributed by atoms with Crippen molar-refractivity contribution < 1.29 is 23.1 Å². The number of nitrogens with zero attached hydrogens (tertiary/aromatic N) is 2. The number of aromatic amines is 1. The number of amides is 1. The lowest BCUT2D eigenvalue weighted by Gasteiger charge is -2.04. The number of hydrogen-bond donors (Lipinski definition) is 3. The van der Waals surface area contributed by atoms with Gasteiger partial charge in [-0.2, -0.15) is 4.98 Å². The lowest BCUT2D eigenvalue weighted by Crippen LogP contribution is -2.23. The maximum absolute atomic E-state index is 13.4. The number of pyridine rings is 2. The molecule has 0 saturated carbocycles. The largest absolute Gasteiger partial charge is 0.504 e. The van der Waals surface area contributed by atoms with Crippen LogP contribution in [-0.2, 0) is 13.0 Å². The number of carbonyl (C=O) groups is 1. The van der Waals surface area contributed by atoms with E-state index in [0.717, 1.165) is 17.7 Å². The average Bonchev–Trinajstić information content (AvgIpc) is 3.17. The summed E-state index contributed by atoms with van der Waals surface area (Å²) < 4.78 is 31.9. The summed E-state index contributed by atoms with van der Waals surface area (Å²) >= 11 is 0. The molecule has 0 bridgehead atoms. The monoisotopic (exact) mass is 412 g/mol. The Hall–Kier alpha value is -4.08. The maximum atomic E-state index is 13.4. The molecule has 152 valence electrons. The highest BCUT2D eigenvalue weighted by Gasteiger charge is 2.21. The van der Waals surface area contributed by atoms with Crippen molar-refractivity contribution in [2.75, 3.05) is 0 Å². The molecule has 0 aliphatic carbocycles. The van der Waals surface area contributed by atoms with Crippen LogP contribution in [0.25, 0.3) is 11.2 Å². The van der Waals surface area contributed by atoms with Crippen molar-refractivity contribution in [2.45, 2.75) is 13.0 Å². The van der Waals surface area contributed by atoms with Crippen LogP contribution in [0.15, 0.2) is 51.9 Å². The Morgan fingerprint density at radius 1 is 1.13 bits per heavy atom. The second-order valence-electron chi connectivity index (χ2n) is 6.44. The fourth-order valence-electron chi connectivity index (χ4n) is 2.87. The van der Waals surface area contributed by atoms with Gasteiger partial charge >= 0.3 is 5.91 Å². The number of H-pyrrole nitrogens is 1. The van der Waals surface area contributed by atoms with E-state index < -0.39 is 28.9 Å². The van der Waals surface area contributed by atoms with Crippen molar-refractivity contribution in [3.8, 4) is 5.75 Å². The van der Waals surface area contributed by atoms with Gasteiger partial charge < -0.3 is 19.8 Å². The molecular formula is C20H14F2N4O4. The summed E-state index contributed by atoms with van der Waals surface area (Å²) in [6.07, 6.45) is 2.98. The normalized spacial score (nSPS) is 11.0. The highest BCUT2D eigenvalue weighted by Crippen LogP contribution is 2.27. The molecule has 3 N–H and O–H groups in total. The number of fused-ring (bicyclic) bond motifs is 1. The molecule has 0 aliphatic heterocycles. The van der Waals surface area contributed by atoms with Crippen molar-refractivity contribution in [1.82, 2.24) is 20.3 Å². The van der Waals surface area contributed by atoms with Crippen LogP contribution in [0.4, 0.5) is 8.78 Å². The zero-order valence-corrected chi connectivity index (χ0v) is 15.3. The van der Waals surface area contributed by atoms with Crippen molar-refractivity contribution in [2.24, 2.45) is 0 Å². The quantitative estimate of drug-likeness (QED) is 0.463. The summed E-state index contributed by atoms with van der Waals surface area (Å²) in [5, 5.41) is 13.1. The van der Waals surface area contributed by atoms with E-state index in [9.17, 15) is 23.5 Å². The van der Waals surface area contributed by atoms with E-state index >= 15 is 0 Å². The average molecular weight is 412 g/mol. The van der Waals surface area contributed by atoms with E-state index in [0.29, 0.717) is 0 Å². The van der Waals surface area contributed by atoms with E-state index in [1.807, 2.05) is 0 Å². The van der Waals surface area contributed by atoms with Crippen molar-refractivity contribution >= 4 is 17.1 Å². The number of nitrogens with one attached hydrogen (secondary N) is 2. The van der Waals surface area contributed by atoms with Crippen LogP contribution in [0.2, 0.25) is 0 Å². The van der Waals surface area contributed by atoms with Crippen LogP contribution in [0, 0.1) is 11.6 Å². The van der Waals surface area contributed by atoms with Crippen LogP contribution in [0.1, 0.15) is 27.4 Å². The minimum Gasteiger partial charge on any atom is -0.504 e. The standard InChI is InChI=1S/C20H14F2N4O4/c21-13-2-1-11(8-14(13)22)7-12-15(27)16-17(25-18(12)28)26-20(30-16)19(29)24-9-10-3-5-23-6-4-10/h1-6,8H,7,9H2,(H,24,29)(H2,25,27,28). The minimum atomic E-state index is -1.07. The first kappa shape index (κ1) is 19.2. The summed E-state index contributed by atoms with van der Waals surface area (Å²) in [4.78, 5) is 34.8. The Labute approximate surface area is 167 Å². The number of oxazole rings is 1. The zero-order chi connectivity index (χ0) is 21.3. The van der Waals surface area contributed by atoms with Crippen LogP contribution in [-0.4, -0.2) is 26.0 Å². The van der Waals surface area contributed by atoms with Gasteiger partial charge in [0, 0.05) is 25.4 Å². The molecule has 3 aromatic heterocycles. The number of benzene rings is 1. The summed E-state index contributed by atoms with van der Waals surface area (Å²) in [6.45, 7) is 0.198. The summed E-state index contributed by atoms with van der Waals surface area (Å²) in [6, 6.07) is 6.59. The molecule has 10 heteroatoms. The molecule has 0 radical (unpaired) electrons. The molecule has 0 aliphatic rings. The molecule has 0 spiro atoms. The SMILES string of the molecule is O=C(NCc1ccncc1)c1nc2[nH]c(=O)c(Cc3ccc(F)c(F)c3)c(O)c2o1. The molecule has 8 nitrogen and oxygen atoms in total. The van der Waals surface area contributed by atoms with Gasteiger partial charge in [-0.25, -0.2) is 8.78 Å². The Bertz CT molecular complexity index is 1300. The molecule has 4 aromatic rings. The smallest absolute Gasteiger partial charge is 0.307 e. The third kappa shape index (κ3) is 3.75. The Morgan fingerprint density at radius 3 is 2.63 bits per heavy atom. The molecule has 0 unspecified atom stereocenters. The van der Waals surface area contributed by atoms with Crippen LogP contribution in [0.5, 0.6) is 5.75 Å². The zero-order valence-electron chi connectivity index (χ0n) is 15.3. The molecule has 30 heavy (non-hydrogen) atoms. The van der Waals surface area contributed by atoms with Crippen molar-refractivity contribution in [3.05, 3.63) is 87.3 Å². The molecule has 4 rings (SSSR count). The van der Waals surface area contributed by atoms with Gasteiger partial charge in [-0.3, -0.25) is 14.6 Å². The van der Waals surface area contributed by atoms with Gasteiger partial charge in [0.05, 0.1) is 5.56 Å². The van der Waals surface area contributed by atoms with Crippen molar-refractivity contribution in [1.29, 1.82) is 0 Å². The van der Waals surface area contributed by atoms with Gasteiger partial charge in [0.2, 0.25) is 5.58 Å². The summed E-state index contributed by atoms with van der Waals surface area (Å²) in [5.74, 6) is -3.62. The third-order valence-electron chi connectivity index (χ3n) is 4.40. The molecule has 1 aromatic carbocycles. The number of carbonyl (C=O) groups excluding carboxylic acids is 1. The number of hydrogen-bond acceptors (Lipinski definition) is 6. The molecule has 0 saturated heterocycles. The van der Waals surface area contributed by atoms with Crippen LogP contribution in [0.3, 0.4) is 0 Å². The summed E-state index contributed by atoms with van der Waals surface area (Å²) in [5.41, 5.74) is -0.0552. The second kappa shape index (κ2) is 7.74. The number of aromatic hydroxyl groups is 1. The first-order valence-corrected chi connectivity index (χ1v) is 8.78. The third-order valence-corrected chi connectivity index (χ3v) is 4.40. The lowest BCUT2D eigenvalue weighted by atomic mass is 10.1. The topological polar surface area (TPSA) is 121 Å². The molecule has 1 amide bonds. The van der Waals surface area contributed by atoms with E-state index in [1.54, 1.807) is 24.5 Å². The van der Waals surface area contributed by atoms with Gasteiger partial charge in [0.1, 0.15) is 0 Å². The summed E-state index contributed by atoms with van der Waals surface area (Å²) in [7, 11) is 0.